The van der Waals surface area contributed by atoms with Crippen LogP contribution in [0.2, 0.25) is 0 Å². The predicted molar refractivity (Wildman–Crippen MR) is 111 cm³/mol. The number of carbonyl (C=O) groups is 4. The average Bonchev–Trinajstić information content (AvgIpc) is 3.03. The Bertz CT molecular complexity index is 801. The molecule has 3 fully saturated rings. The van der Waals surface area contributed by atoms with Gasteiger partial charge in [0.1, 0.15) is 0 Å². The number of carbonyl (C=O) groups excluding carboxylic acids is 4. The summed E-state index contributed by atoms with van der Waals surface area (Å²) in [5, 5.41) is 2.91. The number of nitrogens with zero attached hydrogens (tertiary/aromatic N) is 2. The van der Waals surface area contributed by atoms with Crippen molar-refractivity contribution in [2.75, 3.05) is 25.0 Å². The first-order valence-electron chi connectivity index (χ1n) is 11.0. The van der Waals surface area contributed by atoms with Crippen LogP contribution in [0.4, 0.5) is 5.69 Å². The van der Waals surface area contributed by atoms with E-state index in [9.17, 15) is 19.2 Å². The summed E-state index contributed by atoms with van der Waals surface area (Å²) in [7, 11) is 0. The minimum absolute atomic E-state index is 0.0762. The van der Waals surface area contributed by atoms with Crippen LogP contribution >= 0.6 is 0 Å². The Labute approximate surface area is 176 Å². The third kappa shape index (κ3) is 4.25. The lowest BCUT2D eigenvalue weighted by molar-refractivity contribution is -0.141. The maximum Gasteiger partial charge on any atom is 0.233 e. The quantitative estimate of drug-likeness (QED) is 0.754. The van der Waals surface area contributed by atoms with Gasteiger partial charge < -0.3 is 10.2 Å². The molecule has 2 saturated heterocycles. The summed E-state index contributed by atoms with van der Waals surface area (Å²) in [6, 6.07) is 9.30. The van der Waals surface area contributed by atoms with Gasteiger partial charge in [0.05, 0.1) is 17.8 Å². The van der Waals surface area contributed by atoms with Crippen molar-refractivity contribution in [2.24, 2.45) is 17.8 Å². The van der Waals surface area contributed by atoms with E-state index in [4.69, 9.17) is 0 Å². The lowest BCUT2D eigenvalue weighted by atomic mass is 9.81. The number of fused-ring (bicyclic) bond motifs is 1. The van der Waals surface area contributed by atoms with Crippen molar-refractivity contribution in [3.05, 3.63) is 30.3 Å². The molecule has 0 aromatic heterocycles. The number of benzene rings is 1. The maximum absolute atomic E-state index is 12.8. The molecular formula is C23H29N3O4. The number of nitrogens with one attached hydrogen (secondary N) is 1. The number of likely N-dealkylation sites (tertiary alicyclic amines) is 2. The molecule has 4 rings (SSSR count). The number of amides is 4. The minimum Gasteiger partial charge on any atom is -0.342 e. The van der Waals surface area contributed by atoms with Gasteiger partial charge in [0.15, 0.2) is 0 Å². The highest BCUT2D eigenvalue weighted by Crippen LogP contribution is 2.38. The molecule has 1 aliphatic carbocycles. The smallest absolute Gasteiger partial charge is 0.233 e. The Morgan fingerprint density at radius 2 is 1.60 bits per heavy atom. The first-order chi connectivity index (χ1) is 14.5. The van der Waals surface area contributed by atoms with Crippen molar-refractivity contribution in [3.63, 3.8) is 0 Å². The van der Waals surface area contributed by atoms with Crippen LogP contribution in [0.15, 0.2) is 30.3 Å². The zero-order valence-corrected chi connectivity index (χ0v) is 17.2. The van der Waals surface area contributed by atoms with E-state index in [1.807, 2.05) is 30.3 Å². The summed E-state index contributed by atoms with van der Waals surface area (Å²) in [6.07, 6.45) is 5.19. The van der Waals surface area contributed by atoms with Gasteiger partial charge in [0.25, 0.3) is 0 Å². The summed E-state index contributed by atoms with van der Waals surface area (Å²) in [5.41, 5.74) is 0.749. The topological polar surface area (TPSA) is 86.8 Å². The summed E-state index contributed by atoms with van der Waals surface area (Å²) in [4.78, 5) is 53.5. The van der Waals surface area contributed by atoms with Crippen LogP contribution in [0.3, 0.4) is 0 Å². The number of hydrogen-bond donors (Lipinski definition) is 1. The average molecular weight is 412 g/mol. The first-order valence-corrected chi connectivity index (χ1v) is 11.0. The number of anilines is 1. The van der Waals surface area contributed by atoms with Crippen molar-refractivity contribution in [1.29, 1.82) is 0 Å². The number of piperidine rings is 1. The van der Waals surface area contributed by atoms with E-state index < -0.39 is 0 Å². The summed E-state index contributed by atoms with van der Waals surface area (Å²) < 4.78 is 0. The van der Waals surface area contributed by atoms with Crippen LogP contribution in [-0.4, -0.2) is 53.1 Å². The maximum atomic E-state index is 12.8. The van der Waals surface area contributed by atoms with Crippen molar-refractivity contribution < 1.29 is 19.2 Å². The molecule has 3 aliphatic rings. The molecule has 30 heavy (non-hydrogen) atoms. The van der Waals surface area contributed by atoms with E-state index in [0.717, 1.165) is 44.2 Å². The number of imide groups is 1. The Hall–Kier alpha value is -2.70. The molecule has 0 radical (unpaired) electrons. The fourth-order valence-corrected chi connectivity index (χ4v) is 5.00. The second-order valence-electron chi connectivity index (χ2n) is 8.61. The molecule has 0 unspecified atom stereocenters. The summed E-state index contributed by atoms with van der Waals surface area (Å²) in [5.74, 6) is -0.978. The summed E-state index contributed by atoms with van der Waals surface area (Å²) in [6.45, 7) is 1.15. The SMILES string of the molecule is O=C(Nc1ccccc1)[C@@H]1CCCN(C(=O)CCN2C(=O)[C@H]3CCCC[C@@H]3C2=O)C1. The molecule has 1 saturated carbocycles. The Balaban J connectivity index is 1.30. The Kier molecular flexibility index (Phi) is 6.16. The normalized spacial score (nSPS) is 26.5. The van der Waals surface area contributed by atoms with Crippen molar-refractivity contribution in [1.82, 2.24) is 9.80 Å². The highest BCUT2D eigenvalue weighted by Gasteiger charge is 2.48. The summed E-state index contributed by atoms with van der Waals surface area (Å²) >= 11 is 0. The second-order valence-corrected chi connectivity index (χ2v) is 8.61. The number of para-hydroxylation sites is 1. The number of rotatable bonds is 5. The Morgan fingerprint density at radius 1 is 0.933 bits per heavy atom. The third-order valence-corrected chi connectivity index (χ3v) is 6.67. The standard InChI is InChI=1S/C23H29N3O4/c27-20(12-14-26-22(29)18-10-4-5-11-19(18)23(26)30)25-13-6-7-16(15-25)21(28)24-17-8-2-1-3-9-17/h1-3,8-9,16,18-19H,4-7,10-15H2,(H,24,28)/t16-,18+,19+/m1/s1. The van der Waals surface area contributed by atoms with Crippen molar-refractivity contribution >= 4 is 29.3 Å². The molecular weight excluding hydrogens is 382 g/mol. The van der Waals surface area contributed by atoms with Gasteiger partial charge >= 0.3 is 0 Å². The van der Waals surface area contributed by atoms with Gasteiger partial charge in [-0.05, 0) is 37.8 Å². The first kappa shape index (κ1) is 20.6. The predicted octanol–water partition coefficient (Wildman–Crippen LogP) is 2.43. The van der Waals surface area contributed by atoms with Gasteiger partial charge in [0.2, 0.25) is 23.6 Å². The van der Waals surface area contributed by atoms with Crippen LogP contribution in [0, 0.1) is 17.8 Å². The van der Waals surface area contributed by atoms with E-state index in [1.165, 1.54) is 4.90 Å². The molecule has 4 amide bonds. The molecule has 0 spiro atoms. The molecule has 1 aromatic rings. The highest BCUT2D eigenvalue weighted by atomic mass is 16.2. The molecule has 160 valence electrons. The van der Waals surface area contributed by atoms with Crippen molar-refractivity contribution in [3.8, 4) is 0 Å². The fraction of sp³-hybridized carbons (Fsp3) is 0.565. The third-order valence-electron chi connectivity index (χ3n) is 6.67. The molecule has 0 bridgehead atoms. The van der Waals surface area contributed by atoms with Crippen molar-refractivity contribution in [2.45, 2.75) is 44.9 Å². The molecule has 7 heteroatoms. The van der Waals surface area contributed by atoms with Gasteiger partial charge in [-0.1, -0.05) is 31.0 Å². The van der Waals surface area contributed by atoms with Crippen LogP contribution in [0.1, 0.15) is 44.9 Å². The van der Waals surface area contributed by atoms with Gasteiger partial charge in [0, 0.05) is 31.7 Å². The van der Waals surface area contributed by atoms with Crippen LogP contribution in [-0.2, 0) is 19.2 Å². The number of hydrogen-bond acceptors (Lipinski definition) is 4. The highest BCUT2D eigenvalue weighted by molar-refractivity contribution is 6.05. The molecule has 1 aromatic carbocycles. The molecule has 2 aliphatic heterocycles. The van der Waals surface area contributed by atoms with E-state index in [0.29, 0.717) is 13.1 Å². The van der Waals surface area contributed by atoms with Gasteiger partial charge in [-0.2, -0.15) is 0 Å². The van der Waals surface area contributed by atoms with E-state index >= 15 is 0 Å². The minimum atomic E-state index is -0.249. The zero-order valence-electron chi connectivity index (χ0n) is 17.2. The fourth-order valence-electron chi connectivity index (χ4n) is 5.00. The lowest BCUT2D eigenvalue weighted by Crippen LogP contribution is -2.45. The monoisotopic (exact) mass is 411 g/mol. The molecule has 3 atom stereocenters. The molecule has 1 N–H and O–H groups in total. The molecule has 2 heterocycles. The second kappa shape index (κ2) is 8.98. The van der Waals surface area contributed by atoms with Crippen LogP contribution in [0.25, 0.3) is 0 Å². The van der Waals surface area contributed by atoms with E-state index in [2.05, 4.69) is 5.32 Å². The van der Waals surface area contributed by atoms with Gasteiger partial charge in [-0.3, -0.25) is 24.1 Å². The largest absolute Gasteiger partial charge is 0.342 e. The van der Waals surface area contributed by atoms with Crippen LogP contribution < -0.4 is 5.32 Å². The van der Waals surface area contributed by atoms with Gasteiger partial charge in [-0.15, -0.1) is 0 Å². The Morgan fingerprint density at radius 3 is 2.27 bits per heavy atom. The van der Waals surface area contributed by atoms with Crippen LogP contribution in [0.5, 0.6) is 0 Å². The van der Waals surface area contributed by atoms with E-state index in [1.54, 1.807) is 4.90 Å². The molecule has 7 nitrogen and oxygen atoms in total. The van der Waals surface area contributed by atoms with E-state index in [-0.39, 0.29) is 54.3 Å². The van der Waals surface area contributed by atoms with Gasteiger partial charge in [-0.25, -0.2) is 0 Å². The lowest BCUT2D eigenvalue weighted by Gasteiger charge is -2.32. The zero-order chi connectivity index (χ0) is 21.1.